The molecule has 2 saturated heterocycles. The lowest BCUT2D eigenvalue weighted by Gasteiger charge is -2.39. The van der Waals surface area contributed by atoms with Crippen molar-refractivity contribution in [3.05, 3.63) is 29.8 Å². The number of nitrogens with zero attached hydrogens (tertiary/aromatic N) is 3. The Morgan fingerprint density at radius 2 is 1.83 bits per heavy atom. The summed E-state index contributed by atoms with van der Waals surface area (Å²) in [4.78, 5) is 10.0. The third kappa shape index (κ3) is 6.61. The summed E-state index contributed by atoms with van der Waals surface area (Å²) >= 11 is 0. The summed E-state index contributed by atoms with van der Waals surface area (Å²) in [5, 5.41) is 6.99. The highest BCUT2D eigenvalue weighted by Gasteiger charge is 2.30. The predicted molar refractivity (Wildman–Crippen MR) is 125 cm³/mol. The van der Waals surface area contributed by atoms with Gasteiger partial charge < -0.3 is 20.3 Å². The standard InChI is InChI=1S/C24H41N5O/c1-4-25-24(26-14-18-29-16-6-5-7-17-29)27-19-21-9-8-15-28(2)23(21)20-10-12-22(30-3)13-11-20/h10-13,21,23H,4-9,14-19H2,1-3H3,(H2,25,26,27). The Balaban J connectivity index is 1.59. The molecule has 2 unspecified atom stereocenters. The van der Waals surface area contributed by atoms with Crippen molar-refractivity contribution in [3.63, 3.8) is 0 Å². The number of benzene rings is 1. The van der Waals surface area contributed by atoms with Crippen LogP contribution < -0.4 is 15.4 Å². The topological polar surface area (TPSA) is 52.1 Å². The summed E-state index contributed by atoms with van der Waals surface area (Å²) in [6, 6.07) is 8.98. The van der Waals surface area contributed by atoms with Crippen molar-refractivity contribution in [2.75, 3.05) is 60.0 Å². The molecule has 2 atom stereocenters. The maximum absolute atomic E-state index is 5.34. The number of ether oxygens (including phenoxy) is 1. The molecular weight excluding hydrogens is 374 g/mol. The SMILES string of the molecule is CCNC(=NCC1CCCN(C)C1c1ccc(OC)cc1)NCCN1CCCCC1. The van der Waals surface area contributed by atoms with Gasteiger partial charge >= 0.3 is 0 Å². The first-order valence-corrected chi connectivity index (χ1v) is 11.8. The van der Waals surface area contributed by atoms with Gasteiger partial charge in [0.25, 0.3) is 0 Å². The fraction of sp³-hybridized carbons (Fsp3) is 0.708. The van der Waals surface area contributed by atoms with E-state index >= 15 is 0 Å². The van der Waals surface area contributed by atoms with Gasteiger partial charge in [-0.2, -0.15) is 0 Å². The number of aliphatic imine (C=N–C) groups is 1. The third-order valence-corrected chi connectivity index (χ3v) is 6.46. The van der Waals surface area contributed by atoms with Crippen LogP contribution in [0.15, 0.2) is 29.3 Å². The summed E-state index contributed by atoms with van der Waals surface area (Å²) in [5.74, 6) is 2.39. The van der Waals surface area contributed by atoms with E-state index in [2.05, 4.69) is 58.7 Å². The normalized spacial score (nSPS) is 23.9. The summed E-state index contributed by atoms with van der Waals surface area (Å²) < 4.78 is 5.34. The molecule has 0 bridgehead atoms. The van der Waals surface area contributed by atoms with Crippen molar-refractivity contribution in [2.45, 2.75) is 45.1 Å². The number of rotatable bonds is 8. The van der Waals surface area contributed by atoms with Crippen molar-refractivity contribution in [1.82, 2.24) is 20.4 Å². The van der Waals surface area contributed by atoms with Crippen molar-refractivity contribution in [2.24, 2.45) is 10.9 Å². The van der Waals surface area contributed by atoms with Gasteiger partial charge in [-0.1, -0.05) is 18.6 Å². The van der Waals surface area contributed by atoms with Crippen LogP contribution in [0.5, 0.6) is 5.75 Å². The maximum atomic E-state index is 5.34. The van der Waals surface area contributed by atoms with Crippen LogP contribution in [0, 0.1) is 5.92 Å². The van der Waals surface area contributed by atoms with Crippen LogP contribution >= 0.6 is 0 Å². The Kier molecular flexibility index (Phi) is 9.27. The lowest BCUT2D eigenvalue weighted by atomic mass is 9.85. The molecule has 6 nitrogen and oxygen atoms in total. The fourth-order valence-corrected chi connectivity index (χ4v) is 4.84. The molecule has 2 fully saturated rings. The minimum atomic E-state index is 0.407. The average molecular weight is 416 g/mol. The predicted octanol–water partition coefficient (Wildman–Crippen LogP) is 3.12. The molecule has 3 rings (SSSR count). The highest BCUT2D eigenvalue weighted by atomic mass is 16.5. The van der Waals surface area contributed by atoms with E-state index in [1.807, 2.05) is 0 Å². The van der Waals surface area contributed by atoms with E-state index in [0.717, 1.165) is 44.4 Å². The first kappa shape index (κ1) is 22.9. The van der Waals surface area contributed by atoms with Crippen molar-refractivity contribution in [1.29, 1.82) is 0 Å². The summed E-state index contributed by atoms with van der Waals surface area (Å²) in [6.45, 7) is 9.56. The molecule has 2 aliphatic rings. The van der Waals surface area contributed by atoms with Gasteiger partial charge in [-0.25, -0.2) is 0 Å². The van der Waals surface area contributed by atoms with E-state index in [1.54, 1.807) is 7.11 Å². The second-order valence-corrected chi connectivity index (χ2v) is 8.65. The van der Waals surface area contributed by atoms with Gasteiger partial charge in [-0.3, -0.25) is 9.89 Å². The van der Waals surface area contributed by atoms with Crippen LogP contribution in [0.4, 0.5) is 0 Å². The first-order valence-electron chi connectivity index (χ1n) is 11.8. The van der Waals surface area contributed by atoms with Crippen molar-refractivity contribution in [3.8, 4) is 5.75 Å². The Morgan fingerprint density at radius 3 is 2.53 bits per heavy atom. The van der Waals surface area contributed by atoms with Crippen LogP contribution in [0.25, 0.3) is 0 Å². The molecule has 30 heavy (non-hydrogen) atoms. The zero-order chi connectivity index (χ0) is 21.2. The second-order valence-electron chi connectivity index (χ2n) is 8.65. The quantitative estimate of drug-likeness (QED) is 0.505. The zero-order valence-corrected chi connectivity index (χ0v) is 19.2. The van der Waals surface area contributed by atoms with Gasteiger partial charge in [-0.15, -0.1) is 0 Å². The number of methoxy groups -OCH3 is 1. The number of guanidine groups is 1. The van der Waals surface area contributed by atoms with E-state index in [9.17, 15) is 0 Å². The summed E-state index contributed by atoms with van der Waals surface area (Å²) in [6.07, 6.45) is 6.53. The first-order chi connectivity index (χ1) is 14.7. The molecule has 0 saturated carbocycles. The molecule has 2 N–H and O–H groups in total. The molecule has 2 aliphatic heterocycles. The van der Waals surface area contributed by atoms with E-state index in [4.69, 9.17) is 9.73 Å². The zero-order valence-electron chi connectivity index (χ0n) is 19.2. The molecule has 0 radical (unpaired) electrons. The van der Waals surface area contributed by atoms with E-state index < -0.39 is 0 Å². The number of nitrogens with one attached hydrogen (secondary N) is 2. The van der Waals surface area contributed by atoms with Gasteiger partial charge in [0.2, 0.25) is 0 Å². The lowest BCUT2D eigenvalue weighted by molar-refractivity contribution is 0.125. The van der Waals surface area contributed by atoms with E-state index in [0.29, 0.717) is 12.0 Å². The van der Waals surface area contributed by atoms with Crippen LogP contribution in [0.2, 0.25) is 0 Å². The minimum Gasteiger partial charge on any atom is -0.497 e. The lowest BCUT2D eigenvalue weighted by Crippen LogP contribution is -2.43. The van der Waals surface area contributed by atoms with Gasteiger partial charge in [0.1, 0.15) is 5.75 Å². The van der Waals surface area contributed by atoms with Crippen LogP contribution in [0.1, 0.15) is 50.6 Å². The largest absolute Gasteiger partial charge is 0.497 e. The van der Waals surface area contributed by atoms with Crippen LogP contribution in [0.3, 0.4) is 0 Å². The van der Waals surface area contributed by atoms with Crippen molar-refractivity contribution < 1.29 is 4.74 Å². The van der Waals surface area contributed by atoms with E-state index in [-0.39, 0.29) is 0 Å². The highest BCUT2D eigenvalue weighted by molar-refractivity contribution is 5.79. The molecule has 2 heterocycles. The number of hydrogen-bond acceptors (Lipinski definition) is 4. The second kappa shape index (κ2) is 12.2. The maximum Gasteiger partial charge on any atom is 0.191 e. The molecule has 0 amide bonds. The van der Waals surface area contributed by atoms with Gasteiger partial charge in [-0.05, 0) is 82.9 Å². The Morgan fingerprint density at radius 1 is 1.07 bits per heavy atom. The highest BCUT2D eigenvalue weighted by Crippen LogP contribution is 2.35. The van der Waals surface area contributed by atoms with E-state index in [1.165, 1.54) is 50.8 Å². The number of hydrogen-bond donors (Lipinski definition) is 2. The number of likely N-dealkylation sites (tertiary alicyclic amines) is 2. The summed E-state index contributed by atoms with van der Waals surface area (Å²) in [5.41, 5.74) is 1.36. The Labute approximate surface area is 183 Å². The molecule has 0 aromatic heterocycles. The third-order valence-electron chi connectivity index (χ3n) is 6.46. The van der Waals surface area contributed by atoms with Gasteiger partial charge in [0.05, 0.1) is 7.11 Å². The fourth-order valence-electron chi connectivity index (χ4n) is 4.84. The van der Waals surface area contributed by atoms with Crippen LogP contribution in [-0.4, -0.2) is 75.7 Å². The number of piperidine rings is 2. The molecule has 1 aromatic rings. The monoisotopic (exact) mass is 415 g/mol. The minimum absolute atomic E-state index is 0.407. The molecule has 0 spiro atoms. The molecular formula is C24H41N5O. The Bertz CT molecular complexity index is 642. The molecule has 168 valence electrons. The van der Waals surface area contributed by atoms with Gasteiger partial charge in [0, 0.05) is 32.2 Å². The molecule has 1 aromatic carbocycles. The molecule has 6 heteroatoms. The smallest absolute Gasteiger partial charge is 0.191 e. The van der Waals surface area contributed by atoms with Gasteiger partial charge in [0.15, 0.2) is 5.96 Å². The molecule has 0 aliphatic carbocycles. The van der Waals surface area contributed by atoms with Crippen LogP contribution in [-0.2, 0) is 0 Å². The Hall–Kier alpha value is -1.79. The van der Waals surface area contributed by atoms with Crippen molar-refractivity contribution >= 4 is 5.96 Å². The average Bonchev–Trinajstić information content (AvgIpc) is 2.78. The summed E-state index contributed by atoms with van der Waals surface area (Å²) in [7, 11) is 3.96.